The van der Waals surface area contributed by atoms with Gasteiger partial charge in [-0.15, -0.1) is 0 Å². The summed E-state index contributed by atoms with van der Waals surface area (Å²) in [7, 11) is 1.83. The van der Waals surface area contributed by atoms with Crippen LogP contribution in [0.4, 0.5) is 0 Å². The highest BCUT2D eigenvalue weighted by Gasteiger charge is 2.18. The van der Waals surface area contributed by atoms with Gasteiger partial charge < -0.3 is 25.0 Å². The molecule has 6 nitrogen and oxygen atoms in total. The van der Waals surface area contributed by atoms with Gasteiger partial charge in [0.15, 0.2) is 5.96 Å². The lowest BCUT2D eigenvalue weighted by Gasteiger charge is -2.33. The summed E-state index contributed by atoms with van der Waals surface area (Å²) in [4.78, 5) is 7.00. The Bertz CT molecular complexity index is 673. The topological polar surface area (TPSA) is 58.1 Å². The predicted molar refractivity (Wildman–Crippen MR) is 123 cm³/mol. The zero-order chi connectivity index (χ0) is 21.2. The first-order valence-corrected chi connectivity index (χ1v) is 11.6. The van der Waals surface area contributed by atoms with E-state index in [0.717, 1.165) is 69.1 Å². The Morgan fingerprint density at radius 1 is 1.27 bits per heavy atom. The van der Waals surface area contributed by atoms with Gasteiger partial charge in [0, 0.05) is 50.8 Å². The van der Waals surface area contributed by atoms with Gasteiger partial charge in [-0.2, -0.15) is 0 Å². The van der Waals surface area contributed by atoms with E-state index < -0.39 is 0 Å². The molecule has 2 fully saturated rings. The number of likely N-dealkylation sites (tertiary alicyclic amines) is 1. The molecule has 2 aliphatic heterocycles. The third kappa shape index (κ3) is 7.17. The molecule has 2 unspecified atom stereocenters. The Morgan fingerprint density at radius 2 is 2.17 bits per heavy atom. The third-order valence-electron chi connectivity index (χ3n) is 6.25. The van der Waals surface area contributed by atoms with E-state index in [0.29, 0.717) is 12.5 Å². The zero-order valence-electron chi connectivity index (χ0n) is 19.1. The van der Waals surface area contributed by atoms with Crippen LogP contribution in [-0.4, -0.2) is 63.4 Å². The monoisotopic (exact) mass is 416 g/mol. The number of guanidine groups is 1. The van der Waals surface area contributed by atoms with E-state index in [4.69, 9.17) is 9.47 Å². The van der Waals surface area contributed by atoms with Crippen molar-refractivity contribution < 1.29 is 9.47 Å². The molecule has 2 heterocycles. The average Bonchev–Trinajstić information content (AvgIpc) is 3.27. The lowest BCUT2D eigenvalue weighted by molar-refractivity contribution is 0.159. The van der Waals surface area contributed by atoms with Crippen LogP contribution in [0, 0.1) is 12.8 Å². The molecular weight excluding hydrogens is 376 g/mol. The minimum absolute atomic E-state index is 0.503. The molecule has 2 atom stereocenters. The van der Waals surface area contributed by atoms with Gasteiger partial charge in [0.05, 0.1) is 13.2 Å². The van der Waals surface area contributed by atoms with E-state index in [1.165, 1.54) is 31.4 Å². The molecular formula is C24H40N4O2. The number of hydrogen-bond donors (Lipinski definition) is 2. The van der Waals surface area contributed by atoms with Crippen molar-refractivity contribution in [1.82, 2.24) is 15.5 Å². The van der Waals surface area contributed by atoms with Crippen molar-refractivity contribution in [3.05, 3.63) is 29.3 Å². The fourth-order valence-electron chi connectivity index (χ4n) is 4.24. The molecule has 0 spiro atoms. The van der Waals surface area contributed by atoms with Gasteiger partial charge in [-0.1, -0.05) is 18.6 Å². The van der Waals surface area contributed by atoms with Crippen molar-refractivity contribution in [3.8, 4) is 5.75 Å². The Morgan fingerprint density at radius 3 is 2.93 bits per heavy atom. The van der Waals surface area contributed by atoms with Crippen LogP contribution in [0.3, 0.4) is 0 Å². The molecule has 2 aliphatic rings. The second-order valence-corrected chi connectivity index (χ2v) is 8.74. The van der Waals surface area contributed by atoms with Crippen molar-refractivity contribution in [2.24, 2.45) is 10.9 Å². The van der Waals surface area contributed by atoms with Crippen molar-refractivity contribution in [2.75, 3.05) is 46.5 Å². The number of nitrogens with zero attached hydrogens (tertiary/aromatic N) is 2. The molecule has 1 aromatic rings. The Kier molecular flexibility index (Phi) is 9.27. The average molecular weight is 417 g/mol. The van der Waals surface area contributed by atoms with Gasteiger partial charge in [0.25, 0.3) is 0 Å². The van der Waals surface area contributed by atoms with E-state index in [1.54, 1.807) is 0 Å². The fraction of sp³-hybridized carbons (Fsp3) is 0.708. The summed E-state index contributed by atoms with van der Waals surface area (Å²) >= 11 is 0. The summed E-state index contributed by atoms with van der Waals surface area (Å²) < 4.78 is 11.6. The van der Waals surface area contributed by atoms with Gasteiger partial charge in [0.2, 0.25) is 0 Å². The molecule has 0 aliphatic carbocycles. The SMILES string of the molecule is CN=C(NCCCN1CCCCC1C)NCc1ccc(C)cc1OCC1CCOC1. The lowest BCUT2D eigenvalue weighted by Crippen LogP contribution is -2.41. The minimum Gasteiger partial charge on any atom is -0.493 e. The van der Waals surface area contributed by atoms with Gasteiger partial charge in [-0.3, -0.25) is 4.99 Å². The summed E-state index contributed by atoms with van der Waals surface area (Å²) in [5, 5.41) is 6.90. The van der Waals surface area contributed by atoms with E-state index in [2.05, 4.69) is 52.6 Å². The maximum absolute atomic E-state index is 6.16. The quantitative estimate of drug-likeness (QED) is 0.367. The number of piperidine rings is 1. The highest BCUT2D eigenvalue weighted by Crippen LogP contribution is 2.22. The van der Waals surface area contributed by atoms with E-state index in [-0.39, 0.29) is 0 Å². The number of nitrogens with one attached hydrogen (secondary N) is 2. The maximum atomic E-state index is 6.16. The van der Waals surface area contributed by atoms with Crippen LogP contribution in [0.1, 0.15) is 50.2 Å². The van der Waals surface area contributed by atoms with Crippen LogP contribution in [0.5, 0.6) is 5.75 Å². The number of aryl methyl sites for hydroxylation is 1. The lowest BCUT2D eigenvalue weighted by atomic mass is 10.0. The number of rotatable bonds is 9. The molecule has 168 valence electrons. The number of aliphatic imine (C=N–C) groups is 1. The summed E-state index contributed by atoms with van der Waals surface area (Å²) in [5.74, 6) is 2.31. The summed E-state index contributed by atoms with van der Waals surface area (Å²) in [6.45, 7) is 10.9. The number of ether oxygens (including phenoxy) is 2. The summed E-state index contributed by atoms with van der Waals surface area (Å²) in [6.07, 6.45) is 6.28. The van der Waals surface area contributed by atoms with E-state index in [9.17, 15) is 0 Å². The van der Waals surface area contributed by atoms with Crippen LogP contribution < -0.4 is 15.4 Å². The minimum atomic E-state index is 0.503. The highest BCUT2D eigenvalue weighted by atomic mass is 16.5. The molecule has 2 saturated heterocycles. The number of benzene rings is 1. The highest BCUT2D eigenvalue weighted by molar-refractivity contribution is 5.79. The molecule has 0 amide bonds. The van der Waals surface area contributed by atoms with Crippen molar-refractivity contribution in [2.45, 2.75) is 58.5 Å². The van der Waals surface area contributed by atoms with E-state index in [1.807, 2.05) is 7.05 Å². The van der Waals surface area contributed by atoms with E-state index >= 15 is 0 Å². The first-order chi connectivity index (χ1) is 14.7. The maximum Gasteiger partial charge on any atom is 0.191 e. The molecule has 1 aromatic carbocycles. The normalized spacial score (nSPS) is 22.8. The first-order valence-electron chi connectivity index (χ1n) is 11.6. The van der Waals surface area contributed by atoms with Crippen molar-refractivity contribution in [1.29, 1.82) is 0 Å². The first kappa shape index (κ1) is 22.9. The summed E-state index contributed by atoms with van der Waals surface area (Å²) in [6, 6.07) is 7.14. The van der Waals surface area contributed by atoms with Crippen LogP contribution in [-0.2, 0) is 11.3 Å². The van der Waals surface area contributed by atoms with Crippen LogP contribution in [0.25, 0.3) is 0 Å². The second-order valence-electron chi connectivity index (χ2n) is 8.74. The zero-order valence-corrected chi connectivity index (χ0v) is 19.1. The summed E-state index contributed by atoms with van der Waals surface area (Å²) in [5.41, 5.74) is 2.37. The molecule has 3 rings (SSSR count). The van der Waals surface area contributed by atoms with Gasteiger partial charge in [0.1, 0.15) is 5.75 Å². The Balaban J connectivity index is 1.42. The van der Waals surface area contributed by atoms with Crippen LogP contribution >= 0.6 is 0 Å². The molecule has 0 bridgehead atoms. The molecule has 0 radical (unpaired) electrons. The van der Waals surface area contributed by atoms with Crippen molar-refractivity contribution >= 4 is 5.96 Å². The number of hydrogen-bond acceptors (Lipinski definition) is 4. The van der Waals surface area contributed by atoms with Crippen LogP contribution in [0.2, 0.25) is 0 Å². The largest absolute Gasteiger partial charge is 0.493 e. The van der Waals surface area contributed by atoms with Gasteiger partial charge in [-0.05, 0) is 57.7 Å². The third-order valence-corrected chi connectivity index (χ3v) is 6.25. The van der Waals surface area contributed by atoms with Crippen molar-refractivity contribution in [3.63, 3.8) is 0 Å². The fourth-order valence-corrected chi connectivity index (χ4v) is 4.24. The Hall–Kier alpha value is -1.79. The molecule has 0 aromatic heterocycles. The Labute approximate surface area is 182 Å². The van der Waals surface area contributed by atoms with Crippen LogP contribution in [0.15, 0.2) is 23.2 Å². The molecule has 6 heteroatoms. The second kappa shape index (κ2) is 12.2. The molecule has 2 N–H and O–H groups in total. The van der Waals surface area contributed by atoms with Gasteiger partial charge in [-0.25, -0.2) is 0 Å². The smallest absolute Gasteiger partial charge is 0.191 e. The predicted octanol–water partition coefficient (Wildman–Crippen LogP) is 3.34. The van der Waals surface area contributed by atoms with Gasteiger partial charge >= 0.3 is 0 Å². The standard InChI is InChI=1S/C24H40N4O2/c1-19-8-9-22(23(15-19)30-18-21-10-14-29-17-21)16-27-24(25-3)26-11-6-13-28-12-5-4-7-20(28)2/h8-9,15,20-21H,4-7,10-14,16-18H2,1-3H3,(H2,25,26,27). The molecule has 30 heavy (non-hydrogen) atoms. The molecule has 0 saturated carbocycles.